The van der Waals surface area contributed by atoms with Gasteiger partial charge >= 0.3 is 0 Å². The van der Waals surface area contributed by atoms with Gasteiger partial charge in [0.1, 0.15) is 0 Å². The number of carbonyl (C=O) groups is 2. The van der Waals surface area contributed by atoms with Crippen LogP contribution in [0.25, 0.3) is 0 Å². The SMILES string of the molecule is CCCN(CCC)C(=O)CNC(=O)Cc1ccc(OC)c(OC)c1. The summed E-state index contributed by atoms with van der Waals surface area (Å²) in [6.07, 6.45) is 2.01. The molecule has 134 valence electrons. The molecule has 1 N–H and O–H groups in total. The quantitative estimate of drug-likeness (QED) is 0.710. The van der Waals surface area contributed by atoms with E-state index in [1.807, 2.05) is 19.9 Å². The molecule has 0 atom stereocenters. The molecule has 0 aliphatic rings. The number of hydrogen-bond donors (Lipinski definition) is 1. The van der Waals surface area contributed by atoms with Crippen LogP contribution in [0.5, 0.6) is 11.5 Å². The first kappa shape index (κ1) is 19.8. The number of benzene rings is 1. The van der Waals surface area contributed by atoms with Crippen molar-refractivity contribution in [3.63, 3.8) is 0 Å². The number of carbonyl (C=O) groups excluding carboxylic acids is 2. The van der Waals surface area contributed by atoms with E-state index >= 15 is 0 Å². The Bertz CT molecular complexity index is 540. The molecule has 1 aromatic carbocycles. The minimum Gasteiger partial charge on any atom is -0.493 e. The molecule has 0 spiro atoms. The second kappa shape index (κ2) is 10.5. The summed E-state index contributed by atoms with van der Waals surface area (Å²) in [5.74, 6) is 0.963. The predicted molar refractivity (Wildman–Crippen MR) is 93.4 cm³/mol. The van der Waals surface area contributed by atoms with Crippen LogP contribution in [-0.4, -0.2) is 50.6 Å². The largest absolute Gasteiger partial charge is 0.493 e. The summed E-state index contributed by atoms with van der Waals surface area (Å²) >= 11 is 0. The van der Waals surface area contributed by atoms with E-state index in [9.17, 15) is 9.59 Å². The number of ether oxygens (including phenoxy) is 2. The standard InChI is InChI=1S/C18H28N2O4/c1-5-9-20(10-6-2)18(22)13-19-17(21)12-14-7-8-15(23-3)16(11-14)24-4/h7-8,11H,5-6,9-10,12-13H2,1-4H3,(H,19,21). The van der Waals surface area contributed by atoms with E-state index in [0.717, 1.165) is 31.5 Å². The average Bonchev–Trinajstić information content (AvgIpc) is 2.59. The average molecular weight is 336 g/mol. The molecule has 0 heterocycles. The zero-order chi connectivity index (χ0) is 17.9. The molecule has 0 bridgehead atoms. The zero-order valence-electron chi connectivity index (χ0n) is 15.1. The smallest absolute Gasteiger partial charge is 0.241 e. The fraction of sp³-hybridized carbons (Fsp3) is 0.556. The number of nitrogens with zero attached hydrogens (tertiary/aromatic N) is 1. The van der Waals surface area contributed by atoms with E-state index in [2.05, 4.69) is 5.32 Å². The molecular weight excluding hydrogens is 308 g/mol. The Morgan fingerprint density at radius 1 is 1.04 bits per heavy atom. The first-order valence-electron chi connectivity index (χ1n) is 8.31. The second-order valence-corrected chi connectivity index (χ2v) is 5.52. The van der Waals surface area contributed by atoms with E-state index < -0.39 is 0 Å². The normalized spacial score (nSPS) is 10.2. The molecule has 0 radical (unpaired) electrons. The maximum absolute atomic E-state index is 12.1. The molecule has 2 amide bonds. The van der Waals surface area contributed by atoms with Crippen molar-refractivity contribution in [3.8, 4) is 11.5 Å². The van der Waals surface area contributed by atoms with E-state index in [0.29, 0.717) is 11.5 Å². The first-order chi connectivity index (χ1) is 11.5. The van der Waals surface area contributed by atoms with Crippen molar-refractivity contribution in [2.45, 2.75) is 33.1 Å². The van der Waals surface area contributed by atoms with Gasteiger partial charge < -0.3 is 19.7 Å². The Balaban J connectivity index is 2.55. The molecule has 0 saturated carbocycles. The number of amides is 2. The lowest BCUT2D eigenvalue weighted by Crippen LogP contribution is -2.41. The molecule has 1 rings (SSSR count). The Morgan fingerprint density at radius 3 is 2.21 bits per heavy atom. The minimum atomic E-state index is -0.191. The van der Waals surface area contributed by atoms with E-state index in [1.54, 1.807) is 31.3 Å². The van der Waals surface area contributed by atoms with Crippen molar-refractivity contribution in [2.75, 3.05) is 33.9 Å². The van der Waals surface area contributed by atoms with Gasteiger partial charge in [0.15, 0.2) is 11.5 Å². The molecule has 1 aromatic rings. The van der Waals surface area contributed by atoms with Crippen LogP contribution in [0.15, 0.2) is 18.2 Å². The van der Waals surface area contributed by atoms with Gasteiger partial charge in [-0.1, -0.05) is 19.9 Å². The van der Waals surface area contributed by atoms with Gasteiger partial charge in [-0.25, -0.2) is 0 Å². The number of methoxy groups -OCH3 is 2. The first-order valence-corrected chi connectivity index (χ1v) is 8.31. The van der Waals surface area contributed by atoms with Gasteiger partial charge in [-0.3, -0.25) is 9.59 Å². The van der Waals surface area contributed by atoms with Crippen molar-refractivity contribution in [3.05, 3.63) is 23.8 Å². The van der Waals surface area contributed by atoms with E-state index in [-0.39, 0.29) is 24.8 Å². The summed E-state index contributed by atoms with van der Waals surface area (Å²) < 4.78 is 10.4. The molecule has 0 aliphatic heterocycles. The molecular formula is C18H28N2O4. The summed E-state index contributed by atoms with van der Waals surface area (Å²) in [5.41, 5.74) is 0.802. The van der Waals surface area contributed by atoms with Crippen LogP contribution in [0.1, 0.15) is 32.3 Å². The lowest BCUT2D eigenvalue weighted by molar-refractivity contribution is -0.132. The van der Waals surface area contributed by atoms with Crippen LogP contribution in [0.2, 0.25) is 0 Å². The third kappa shape index (κ3) is 6.10. The van der Waals surface area contributed by atoms with Crippen LogP contribution in [0.4, 0.5) is 0 Å². The molecule has 0 saturated heterocycles. The Hall–Kier alpha value is -2.24. The van der Waals surface area contributed by atoms with Crippen molar-refractivity contribution < 1.29 is 19.1 Å². The third-order valence-corrected chi connectivity index (χ3v) is 3.59. The third-order valence-electron chi connectivity index (χ3n) is 3.59. The lowest BCUT2D eigenvalue weighted by atomic mass is 10.1. The van der Waals surface area contributed by atoms with Crippen LogP contribution < -0.4 is 14.8 Å². The van der Waals surface area contributed by atoms with Gasteiger partial charge in [-0.2, -0.15) is 0 Å². The van der Waals surface area contributed by atoms with Crippen molar-refractivity contribution in [1.29, 1.82) is 0 Å². The highest BCUT2D eigenvalue weighted by Gasteiger charge is 2.13. The number of rotatable bonds is 10. The highest BCUT2D eigenvalue weighted by Crippen LogP contribution is 2.27. The monoisotopic (exact) mass is 336 g/mol. The van der Waals surface area contributed by atoms with E-state index in [4.69, 9.17) is 9.47 Å². The minimum absolute atomic E-state index is 0.0339. The van der Waals surface area contributed by atoms with Gasteiger partial charge in [-0.15, -0.1) is 0 Å². The summed E-state index contributed by atoms with van der Waals surface area (Å²) in [5, 5.41) is 2.69. The summed E-state index contributed by atoms with van der Waals surface area (Å²) in [6.45, 7) is 5.54. The topological polar surface area (TPSA) is 67.9 Å². The van der Waals surface area contributed by atoms with Crippen LogP contribution in [-0.2, 0) is 16.0 Å². The molecule has 24 heavy (non-hydrogen) atoms. The van der Waals surface area contributed by atoms with Crippen molar-refractivity contribution in [2.24, 2.45) is 0 Å². The highest BCUT2D eigenvalue weighted by atomic mass is 16.5. The fourth-order valence-electron chi connectivity index (χ4n) is 2.43. The second-order valence-electron chi connectivity index (χ2n) is 5.52. The Morgan fingerprint density at radius 2 is 1.67 bits per heavy atom. The summed E-state index contributed by atoms with van der Waals surface area (Å²) in [7, 11) is 3.12. The molecule has 6 nitrogen and oxygen atoms in total. The fourth-order valence-corrected chi connectivity index (χ4v) is 2.43. The number of hydrogen-bond acceptors (Lipinski definition) is 4. The summed E-state index contributed by atoms with van der Waals surface area (Å²) in [4.78, 5) is 26.0. The van der Waals surface area contributed by atoms with Crippen molar-refractivity contribution in [1.82, 2.24) is 10.2 Å². The van der Waals surface area contributed by atoms with Crippen LogP contribution >= 0.6 is 0 Å². The Labute approximate surface area is 144 Å². The molecule has 0 aliphatic carbocycles. The van der Waals surface area contributed by atoms with Gasteiger partial charge in [-0.05, 0) is 30.5 Å². The number of nitrogens with one attached hydrogen (secondary N) is 1. The van der Waals surface area contributed by atoms with Gasteiger partial charge in [0.2, 0.25) is 11.8 Å². The van der Waals surface area contributed by atoms with Gasteiger partial charge in [0.25, 0.3) is 0 Å². The lowest BCUT2D eigenvalue weighted by Gasteiger charge is -2.21. The molecule has 6 heteroatoms. The van der Waals surface area contributed by atoms with Gasteiger partial charge in [0, 0.05) is 13.1 Å². The maximum atomic E-state index is 12.1. The highest BCUT2D eigenvalue weighted by molar-refractivity contribution is 5.85. The van der Waals surface area contributed by atoms with E-state index in [1.165, 1.54) is 0 Å². The predicted octanol–water partition coefficient (Wildman–Crippen LogP) is 2.01. The summed E-state index contributed by atoms with van der Waals surface area (Å²) in [6, 6.07) is 5.33. The molecule has 0 fully saturated rings. The van der Waals surface area contributed by atoms with Crippen LogP contribution in [0, 0.1) is 0 Å². The maximum Gasteiger partial charge on any atom is 0.241 e. The van der Waals surface area contributed by atoms with Crippen molar-refractivity contribution >= 4 is 11.8 Å². The zero-order valence-corrected chi connectivity index (χ0v) is 15.1. The van der Waals surface area contributed by atoms with Gasteiger partial charge in [0.05, 0.1) is 27.2 Å². The Kier molecular flexibility index (Phi) is 8.68. The molecule has 0 aromatic heterocycles. The van der Waals surface area contributed by atoms with Crippen LogP contribution in [0.3, 0.4) is 0 Å². The molecule has 0 unspecified atom stereocenters.